The number of aliphatic hydroxyl groups excluding tert-OH is 1. The lowest BCUT2D eigenvalue weighted by atomic mass is 9.74. The molecule has 6 atom stereocenters. The molecule has 4 heterocycles. The minimum absolute atomic E-state index is 0.0274. The normalized spacial score (nSPS) is 39.9. The fraction of sp³-hybridized carbons (Fsp3) is 0.720. The monoisotopic (exact) mass is 473 g/mol. The highest BCUT2D eigenvalue weighted by molar-refractivity contribution is 8.02. The second kappa shape index (κ2) is 8.15. The van der Waals surface area contributed by atoms with Gasteiger partial charge in [-0.3, -0.25) is 14.4 Å². The summed E-state index contributed by atoms with van der Waals surface area (Å²) in [5, 5.41) is 10.0. The van der Waals surface area contributed by atoms with Crippen LogP contribution in [0.25, 0.3) is 0 Å². The molecule has 0 aromatic rings. The largest absolute Gasteiger partial charge is 0.394 e. The van der Waals surface area contributed by atoms with E-state index >= 15 is 0 Å². The van der Waals surface area contributed by atoms with E-state index in [2.05, 4.69) is 18.2 Å². The second-order valence-electron chi connectivity index (χ2n) is 10.6. The van der Waals surface area contributed by atoms with Crippen LogP contribution in [0.15, 0.2) is 24.3 Å². The summed E-state index contributed by atoms with van der Waals surface area (Å²) in [4.78, 5) is 47.1. The highest BCUT2D eigenvalue weighted by atomic mass is 32.2. The summed E-state index contributed by atoms with van der Waals surface area (Å²) in [6, 6.07) is -1.01. The van der Waals surface area contributed by atoms with Gasteiger partial charge in [0.1, 0.15) is 6.04 Å². The van der Waals surface area contributed by atoms with E-state index in [1.54, 1.807) is 35.5 Å². The molecule has 3 amide bonds. The molecular formula is C25H35N3O4S. The first-order valence-corrected chi connectivity index (χ1v) is 13.1. The molecule has 8 heteroatoms. The van der Waals surface area contributed by atoms with Crippen molar-refractivity contribution in [2.75, 3.05) is 26.7 Å². The van der Waals surface area contributed by atoms with Crippen LogP contribution in [0.4, 0.5) is 0 Å². The van der Waals surface area contributed by atoms with Crippen molar-refractivity contribution >= 4 is 29.5 Å². The zero-order chi connectivity index (χ0) is 23.5. The molecule has 1 saturated carbocycles. The SMILES string of the molecule is C[C@H](CO)N1C(=O)[C@@H]2[C@H]3C(=O)N(C)CC=C[C@@]3(C)S[C@@]23C=CCN(C2CCCCC2)C(=O)C13. The van der Waals surface area contributed by atoms with Crippen LogP contribution in [0.5, 0.6) is 0 Å². The Hall–Kier alpha value is -1.80. The molecular weight excluding hydrogens is 438 g/mol. The Morgan fingerprint density at radius 3 is 2.42 bits per heavy atom. The minimum atomic E-state index is -0.821. The number of amides is 3. The van der Waals surface area contributed by atoms with Crippen molar-refractivity contribution in [2.45, 2.75) is 73.6 Å². The van der Waals surface area contributed by atoms with Gasteiger partial charge in [0.25, 0.3) is 0 Å². The second-order valence-corrected chi connectivity index (χ2v) is 12.4. The summed E-state index contributed by atoms with van der Waals surface area (Å²) >= 11 is 1.61. The average Bonchev–Trinajstić information content (AvgIpc) is 3.09. The molecule has 0 aromatic heterocycles. The molecule has 3 fully saturated rings. The van der Waals surface area contributed by atoms with Gasteiger partial charge in [-0.05, 0) is 26.7 Å². The number of carbonyl (C=O) groups is 3. The van der Waals surface area contributed by atoms with Gasteiger partial charge in [0, 0.05) is 30.9 Å². The maximum atomic E-state index is 14.2. The number of likely N-dealkylation sites (N-methyl/N-ethyl adjacent to an activating group) is 1. The van der Waals surface area contributed by atoms with Crippen LogP contribution in [-0.4, -0.2) is 91.9 Å². The predicted octanol–water partition coefficient (Wildman–Crippen LogP) is 1.81. The first-order valence-electron chi connectivity index (χ1n) is 12.3. The van der Waals surface area contributed by atoms with E-state index in [9.17, 15) is 19.5 Å². The van der Waals surface area contributed by atoms with Crippen molar-refractivity contribution in [2.24, 2.45) is 11.8 Å². The smallest absolute Gasteiger partial charge is 0.247 e. The summed E-state index contributed by atoms with van der Waals surface area (Å²) in [5.74, 6) is -1.42. The first-order chi connectivity index (χ1) is 15.7. The molecule has 1 aliphatic carbocycles. The fourth-order valence-corrected chi connectivity index (χ4v) is 9.03. The molecule has 1 spiro atoms. The Labute approximate surface area is 200 Å². The van der Waals surface area contributed by atoms with Crippen molar-refractivity contribution in [1.82, 2.24) is 14.7 Å². The van der Waals surface area contributed by atoms with Crippen LogP contribution < -0.4 is 0 Å². The van der Waals surface area contributed by atoms with Gasteiger partial charge in [-0.15, -0.1) is 11.8 Å². The molecule has 33 heavy (non-hydrogen) atoms. The molecule has 2 saturated heterocycles. The van der Waals surface area contributed by atoms with Gasteiger partial charge in [-0.2, -0.15) is 0 Å². The van der Waals surface area contributed by atoms with Gasteiger partial charge >= 0.3 is 0 Å². The summed E-state index contributed by atoms with van der Waals surface area (Å²) < 4.78 is -1.39. The van der Waals surface area contributed by atoms with Gasteiger partial charge in [0.15, 0.2) is 0 Å². The van der Waals surface area contributed by atoms with Crippen LogP contribution in [0.3, 0.4) is 0 Å². The third-order valence-electron chi connectivity index (χ3n) is 8.48. The summed E-state index contributed by atoms with van der Waals surface area (Å²) in [6.07, 6.45) is 13.6. The lowest BCUT2D eigenvalue weighted by Gasteiger charge is -2.41. The van der Waals surface area contributed by atoms with Crippen LogP contribution in [0.2, 0.25) is 0 Å². The van der Waals surface area contributed by atoms with E-state index in [0.717, 1.165) is 25.7 Å². The molecule has 5 rings (SSSR count). The van der Waals surface area contributed by atoms with Gasteiger partial charge in [0.2, 0.25) is 17.7 Å². The molecule has 180 valence electrons. The summed E-state index contributed by atoms with van der Waals surface area (Å²) in [6.45, 7) is 4.67. The van der Waals surface area contributed by atoms with Crippen molar-refractivity contribution in [3.05, 3.63) is 24.3 Å². The third-order valence-corrected chi connectivity index (χ3v) is 10.3. The number of likely N-dealkylation sites (tertiary alicyclic amines) is 1. The number of thioether (sulfide) groups is 1. The number of hydrogen-bond acceptors (Lipinski definition) is 5. The number of nitrogens with zero attached hydrogens (tertiary/aromatic N) is 3. The van der Waals surface area contributed by atoms with Crippen molar-refractivity contribution < 1.29 is 19.5 Å². The molecule has 7 nitrogen and oxygen atoms in total. The Balaban J connectivity index is 1.63. The number of fused-ring (bicyclic) bond motifs is 2. The molecule has 1 N–H and O–H groups in total. The topological polar surface area (TPSA) is 81.2 Å². The molecule has 0 radical (unpaired) electrons. The Kier molecular flexibility index (Phi) is 5.67. The maximum Gasteiger partial charge on any atom is 0.247 e. The Morgan fingerprint density at radius 1 is 1.03 bits per heavy atom. The van der Waals surface area contributed by atoms with Crippen LogP contribution >= 0.6 is 11.8 Å². The third kappa shape index (κ3) is 3.23. The highest BCUT2D eigenvalue weighted by Gasteiger charge is 2.74. The summed E-state index contributed by atoms with van der Waals surface area (Å²) in [7, 11) is 1.78. The van der Waals surface area contributed by atoms with Crippen LogP contribution in [0.1, 0.15) is 46.0 Å². The van der Waals surface area contributed by atoms with E-state index in [-0.39, 0.29) is 30.4 Å². The lowest BCUT2D eigenvalue weighted by molar-refractivity contribution is -0.147. The minimum Gasteiger partial charge on any atom is -0.394 e. The van der Waals surface area contributed by atoms with Gasteiger partial charge in [0.05, 0.1) is 29.2 Å². The predicted molar refractivity (Wildman–Crippen MR) is 127 cm³/mol. The zero-order valence-electron chi connectivity index (χ0n) is 19.8. The number of hydrogen-bond donors (Lipinski definition) is 1. The maximum absolute atomic E-state index is 14.2. The Morgan fingerprint density at radius 2 is 1.73 bits per heavy atom. The van der Waals surface area contributed by atoms with Crippen molar-refractivity contribution in [3.8, 4) is 0 Å². The Bertz CT molecular complexity index is 915. The lowest BCUT2D eigenvalue weighted by Crippen LogP contribution is -2.57. The number of carbonyl (C=O) groups excluding carboxylic acids is 3. The van der Waals surface area contributed by atoms with E-state index in [1.807, 2.05) is 17.9 Å². The average molecular weight is 474 g/mol. The molecule has 4 aliphatic heterocycles. The standard InChI is InChI=1S/C25H35N3O4S/c1-16(15-29)28-20-23(32)27(17-9-5-4-6-10-17)14-8-12-25(20)19(22(28)31)18-21(30)26(3)13-7-11-24(18,2)33-25/h7-8,11-12,16-20,29H,4-6,9-10,13-15H2,1-3H3/t16-,18+,19+,20?,24-,25+/m1/s1. The first kappa shape index (κ1) is 23.0. The number of rotatable bonds is 3. The van der Waals surface area contributed by atoms with Crippen LogP contribution in [-0.2, 0) is 14.4 Å². The summed E-state index contributed by atoms with van der Waals surface area (Å²) in [5.41, 5.74) is 0. The quantitative estimate of drug-likeness (QED) is 0.633. The molecule has 1 unspecified atom stereocenters. The molecule has 5 aliphatic rings. The van der Waals surface area contributed by atoms with Gasteiger partial charge in [-0.25, -0.2) is 0 Å². The zero-order valence-corrected chi connectivity index (χ0v) is 20.6. The van der Waals surface area contributed by atoms with E-state index in [4.69, 9.17) is 0 Å². The van der Waals surface area contributed by atoms with Crippen molar-refractivity contribution in [3.63, 3.8) is 0 Å². The van der Waals surface area contributed by atoms with E-state index in [1.165, 1.54) is 6.42 Å². The number of aliphatic hydroxyl groups is 1. The van der Waals surface area contributed by atoms with Gasteiger partial charge < -0.3 is 19.8 Å². The fourth-order valence-electron chi connectivity index (χ4n) is 6.88. The van der Waals surface area contributed by atoms with Gasteiger partial charge in [-0.1, -0.05) is 43.6 Å². The van der Waals surface area contributed by atoms with Crippen molar-refractivity contribution in [1.29, 1.82) is 0 Å². The van der Waals surface area contributed by atoms with Crippen LogP contribution in [0, 0.1) is 11.8 Å². The highest BCUT2D eigenvalue weighted by Crippen LogP contribution is 2.65. The van der Waals surface area contributed by atoms with E-state index in [0.29, 0.717) is 13.1 Å². The molecule has 0 aromatic carbocycles. The molecule has 0 bridgehead atoms. The van der Waals surface area contributed by atoms with E-state index < -0.39 is 33.4 Å².